The highest BCUT2D eigenvalue weighted by Gasteiger charge is 2.36. The molecular weight excluding hydrogens is 408 g/mol. The molecule has 30 heavy (non-hydrogen) atoms. The maximum atomic E-state index is 13.2. The smallest absolute Gasteiger partial charge is 0.410 e. The first-order chi connectivity index (χ1) is 13.7. The van der Waals surface area contributed by atoms with Crippen molar-refractivity contribution in [3.8, 4) is 0 Å². The normalized spacial score (nSPS) is 15.8. The summed E-state index contributed by atoms with van der Waals surface area (Å²) < 4.78 is 7.27. The SMILES string of the molecule is CNC(=O)[C@@H](CC(=O)c1nc(Cl)n2c1CN(C(=O)OC(C)(C)C)CCC2)C(C)(C)C. The maximum absolute atomic E-state index is 13.2. The van der Waals surface area contributed by atoms with Gasteiger partial charge in [0.05, 0.1) is 18.2 Å². The number of imidazole rings is 1. The molecule has 1 aromatic heterocycles. The van der Waals surface area contributed by atoms with E-state index in [4.69, 9.17) is 16.3 Å². The molecule has 1 atom stereocenters. The van der Waals surface area contributed by atoms with E-state index >= 15 is 0 Å². The highest BCUT2D eigenvalue weighted by molar-refractivity contribution is 6.28. The fourth-order valence-electron chi connectivity index (χ4n) is 3.48. The minimum atomic E-state index is -0.618. The van der Waals surface area contributed by atoms with Crippen molar-refractivity contribution in [2.24, 2.45) is 11.3 Å². The van der Waals surface area contributed by atoms with Crippen molar-refractivity contribution in [3.63, 3.8) is 0 Å². The molecule has 1 aliphatic heterocycles. The number of fused-ring (bicyclic) bond motifs is 1. The molecule has 1 aromatic rings. The van der Waals surface area contributed by atoms with Gasteiger partial charge in [0.1, 0.15) is 11.3 Å². The van der Waals surface area contributed by atoms with Crippen molar-refractivity contribution in [1.29, 1.82) is 0 Å². The average Bonchev–Trinajstić information content (AvgIpc) is 2.79. The lowest BCUT2D eigenvalue weighted by Gasteiger charge is -2.28. The Morgan fingerprint density at radius 1 is 1.17 bits per heavy atom. The van der Waals surface area contributed by atoms with Gasteiger partial charge in [-0.15, -0.1) is 0 Å². The van der Waals surface area contributed by atoms with Crippen LogP contribution in [0, 0.1) is 11.3 Å². The number of Topliss-reactive ketones (excluding diaryl/α,β-unsaturated/α-hetero) is 1. The molecule has 1 N–H and O–H groups in total. The largest absolute Gasteiger partial charge is 0.444 e. The lowest BCUT2D eigenvalue weighted by Crippen LogP contribution is -2.38. The molecular formula is C21H33ClN4O4. The number of ketones is 1. The molecule has 2 heterocycles. The van der Waals surface area contributed by atoms with Gasteiger partial charge in [-0.1, -0.05) is 20.8 Å². The third-order valence-electron chi connectivity index (χ3n) is 5.09. The number of hydrogen-bond donors (Lipinski definition) is 1. The monoisotopic (exact) mass is 440 g/mol. The van der Waals surface area contributed by atoms with Crippen LogP contribution in [-0.4, -0.2) is 51.4 Å². The molecule has 0 unspecified atom stereocenters. The van der Waals surface area contributed by atoms with E-state index in [2.05, 4.69) is 10.3 Å². The number of carbonyl (C=O) groups excluding carboxylic acids is 3. The minimum absolute atomic E-state index is 0.00987. The molecule has 0 aromatic carbocycles. The van der Waals surface area contributed by atoms with E-state index in [-0.39, 0.29) is 35.6 Å². The predicted octanol–water partition coefficient (Wildman–Crippen LogP) is 3.66. The highest BCUT2D eigenvalue weighted by Crippen LogP contribution is 2.32. The Balaban J connectivity index is 2.33. The van der Waals surface area contributed by atoms with Gasteiger partial charge in [-0.2, -0.15) is 0 Å². The van der Waals surface area contributed by atoms with E-state index in [9.17, 15) is 14.4 Å². The summed E-state index contributed by atoms with van der Waals surface area (Å²) in [5, 5.41) is 2.85. The maximum Gasteiger partial charge on any atom is 0.410 e. The summed E-state index contributed by atoms with van der Waals surface area (Å²) in [5.74, 6) is -0.971. The summed E-state index contributed by atoms with van der Waals surface area (Å²) in [6, 6.07) is 0. The van der Waals surface area contributed by atoms with Crippen LogP contribution < -0.4 is 5.32 Å². The fourth-order valence-corrected chi connectivity index (χ4v) is 3.75. The number of ether oxygens (including phenoxy) is 1. The van der Waals surface area contributed by atoms with Gasteiger partial charge in [0, 0.05) is 26.6 Å². The summed E-state index contributed by atoms with van der Waals surface area (Å²) in [6.45, 7) is 12.4. The molecule has 9 heteroatoms. The van der Waals surface area contributed by atoms with E-state index in [1.165, 1.54) is 0 Å². The molecule has 0 fully saturated rings. The van der Waals surface area contributed by atoms with Gasteiger partial charge in [0.15, 0.2) is 5.78 Å². The van der Waals surface area contributed by atoms with Crippen LogP contribution >= 0.6 is 11.6 Å². The zero-order chi connectivity index (χ0) is 22.9. The lowest BCUT2D eigenvalue weighted by atomic mass is 9.77. The number of amides is 2. The van der Waals surface area contributed by atoms with Crippen LogP contribution in [0.25, 0.3) is 0 Å². The molecule has 1 aliphatic rings. The second kappa shape index (κ2) is 8.96. The van der Waals surface area contributed by atoms with Gasteiger partial charge >= 0.3 is 6.09 Å². The minimum Gasteiger partial charge on any atom is -0.444 e. The molecule has 0 saturated heterocycles. The van der Waals surface area contributed by atoms with Crippen molar-refractivity contribution in [1.82, 2.24) is 19.8 Å². The highest BCUT2D eigenvalue weighted by atomic mass is 35.5. The third-order valence-corrected chi connectivity index (χ3v) is 5.38. The van der Waals surface area contributed by atoms with Gasteiger partial charge in [-0.05, 0) is 44.2 Å². The van der Waals surface area contributed by atoms with Gasteiger partial charge < -0.3 is 19.5 Å². The summed E-state index contributed by atoms with van der Waals surface area (Å²) in [6.07, 6.45) is 0.235. The quantitative estimate of drug-likeness (QED) is 0.721. The van der Waals surface area contributed by atoms with Crippen LogP contribution in [0.2, 0.25) is 5.28 Å². The number of nitrogens with zero attached hydrogens (tertiary/aromatic N) is 3. The van der Waals surface area contributed by atoms with Crippen LogP contribution in [0.1, 0.15) is 70.6 Å². The van der Waals surface area contributed by atoms with Crippen LogP contribution in [-0.2, 0) is 22.6 Å². The number of halogens is 1. The number of nitrogens with one attached hydrogen (secondary N) is 1. The number of rotatable bonds is 4. The van der Waals surface area contributed by atoms with Crippen LogP contribution in [0.15, 0.2) is 0 Å². The van der Waals surface area contributed by atoms with Crippen molar-refractivity contribution in [2.45, 2.75) is 73.1 Å². The Morgan fingerprint density at radius 3 is 2.33 bits per heavy atom. The van der Waals surface area contributed by atoms with E-state index in [0.717, 1.165) is 0 Å². The Bertz CT molecular complexity index is 820. The van der Waals surface area contributed by atoms with E-state index in [0.29, 0.717) is 25.2 Å². The molecule has 2 rings (SSSR count). The first-order valence-corrected chi connectivity index (χ1v) is 10.6. The predicted molar refractivity (Wildman–Crippen MR) is 114 cm³/mol. The Kier molecular flexibility index (Phi) is 7.22. The Hall–Kier alpha value is -2.09. The van der Waals surface area contributed by atoms with E-state index < -0.39 is 23.0 Å². The van der Waals surface area contributed by atoms with Gasteiger partial charge in [0.2, 0.25) is 11.2 Å². The molecule has 168 valence electrons. The van der Waals surface area contributed by atoms with Crippen LogP contribution in [0.5, 0.6) is 0 Å². The molecule has 0 radical (unpaired) electrons. The van der Waals surface area contributed by atoms with Gasteiger partial charge in [-0.3, -0.25) is 9.59 Å². The summed E-state index contributed by atoms with van der Waals surface area (Å²) in [7, 11) is 1.56. The van der Waals surface area contributed by atoms with Crippen molar-refractivity contribution in [2.75, 3.05) is 13.6 Å². The van der Waals surface area contributed by atoms with Crippen LogP contribution in [0.3, 0.4) is 0 Å². The second-order valence-corrected chi connectivity index (χ2v) is 10.1. The van der Waals surface area contributed by atoms with Crippen molar-refractivity contribution >= 4 is 29.4 Å². The summed E-state index contributed by atoms with van der Waals surface area (Å²) in [5.41, 5.74) is -0.224. The van der Waals surface area contributed by atoms with Gasteiger partial charge in [0.25, 0.3) is 0 Å². The summed E-state index contributed by atoms with van der Waals surface area (Å²) in [4.78, 5) is 44.0. The van der Waals surface area contributed by atoms with Gasteiger partial charge in [-0.25, -0.2) is 9.78 Å². The first kappa shape index (κ1) is 24.2. The standard InChI is InChI=1S/C21H33ClN4O4/c1-20(2,3)13(17(28)23-7)11-15(27)16-14-12-25(19(29)30-21(4,5)6)9-8-10-26(14)18(22)24-16/h13H,8-12H2,1-7H3,(H,23,28)/t13-/m1/s1. The van der Waals surface area contributed by atoms with Crippen molar-refractivity contribution < 1.29 is 19.1 Å². The number of aromatic nitrogens is 2. The molecule has 0 saturated carbocycles. The van der Waals surface area contributed by atoms with Crippen molar-refractivity contribution in [3.05, 3.63) is 16.7 Å². The molecule has 8 nitrogen and oxygen atoms in total. The third kappa shape index (κ3) is 5.74. The number of carbonyl (C=O) groups is 3. The van der Waals surface area contributed by atoms with Crippen LogP contribution in [0.4, 0.5) is 4.79 Å². The second-order valence-electron chi connectivity index (χ2n) is 9.74. The first-order valence-electron chi connectivity index (χ1n) is 10.2. The zero-order valence-electron chi connectivity index (χ0n) is 19.0. The molecule has 0 aliphatic carbocycles. The van der Waals surface area contributed by atoms with E-state index in [1.54, 1.807) is 16.5 Å². The molecule has 0 bridgehead atoms. The Morgan fingerprint density at radius 2 is 1.80 bits per heavy atom. The van der Waals surface area contributed by atoms with E-state index in [1.807, 2.05) is 41.5 Å². The number of hydrogen-bond acceptors (Lipinski definition) is 5. The Labute approximate surface area is 183 Å². The average molecular weight is 441 g/mol. The zero-order valence-corrected chi connectivity index (χ0v) is 19.7. The molecule has 0 spiro atoms. The lowest BCUT2D eigenvalue weighted by molar-refractivity contribution is -0.127. The fraction of sp³-hybridized carbons (Fsp3) is 0.714. The topological polar surface area (TPSA) is 93.5 Å². The molecule has 2 amide bonds. The summed E-state index contributed by atoms with van der Waals surface area (Å²) >= 11 is 6.32.